The summed E-state index contributed by atoms with van der Waals surface area (Å²) < 4.78 is 0. The number of hydrogen-bond donors (Lipinski definition) is 1. The zero-order chi connectivity index (χ0) is 13.5. The third kappa shape index (κ3) is 3.43. The molecule has 1 amide bonds. The van der Waals surface area contributed by atoms with E-state index in [1.54, 1.807) is 11.1 Å². The largest absolute Gasteiger partial charge is 0.373 e. The van der Waals surface area contributed by atoms with Crippen molar-refractivity contribution in [3.05, 3.63) is 24.0 Å². The van der Waals surface area contributed by atoms with Crippen molar-refractivity contribution in [1.29, 1.82) is 0 Å². The van der Waals surface area contributed by atoms with Crippen molar-refractivity contribution in [1.82, 2.24) is 9.88 Å². The van der Waals surface area contributed by atoms with Crippen LogP contribution in [0.15, 0.2) is 18.3 Å². The van der Waals surface area contributed by atoms with Crippen molar-refractivity contribution in [3.63, 3.8) is 0 Å². The van der Waals surface area contributed by atoms with Crippen molar-refractivity contribution in [2.24, 2.45) is 5.73 Å². The standard InChI is InChI=1S/C13H22N4O/c1-4-17(5-2)13(18)12-10-11(6-8-15-12)16(3)9-7-14/h6,8,10H,4-5,7,9,14H2,1-3H3. The smallest absolute Gasteiger partial charge is 0.272 e. The zero-order valence-corrected chi connectivity index (χ0v) is 11.4. The van der Waals surface area contributed by atoms with Gasteiger partial charge in [0.05, 0.1) is 0 Å². The number of carbonyl (C=O) groups excluding carboxylic acids is 1. The molecule has 0 aliphatic rings. The summed E-state index contributed by atoms with van der Waals surface area (Å²) in [4.78, 5) is 20.1. The second-order valence-electron chi connectivity index (χ2n) is 4.09. The molecule has 0 aliphatic carbocycles. The highest BCUT2D eigenvalue weighted by Crippen LogP contribution is 2.13. The molecule has 0 bridgehead atoms. The average molecular weight is 250 g/mol. The van der Waals surface area contributed by atoms with E-state index < -0.39 is 0 Å². The number of nitrogens with two attached hydrogens (primary N) is 1. The molecule has 1 aromatic heterocycles. The van der Waals surface area contributed by atoms with Gasteiger partial charge in [0.2, 0.25) is 0 Å². The Balaban J connectivity index is 2.90. The number of likely N-dealkylation sites (N-methyl/N-ethyl adjacent to an activating group) is 1. The molecule has 0 aliphatic heterocycles. The van der Waals surface area contributed by atoms with Crippen LogP contribution in [0, 0.1) is 0 Å². The second kappa shape index (κ2) is 6.96. The summed E-state index contributed by atoms with van der Waals surface area (Å²) in [6.45, 7) is 6.65. The first kappa shape index (κ1) is 14.4. The van der Waals surface area contributed by atoms with Crippen molar-refractivity contribution >= 4 is 11.6 Å². The van der Waals surface area contributed by atoms with Gasteiger partial charge in [-0.1, -0.05) is 0 Å². The molecule has 2 N–H and O–H groups in total. The Labute approximate surface area is 109 Å². The molecule has 18 heavy (non-hydrogen) atoms. The maximum Gasteiger partial charge on any atom is 0.272 e. The predicted molar refractivity (Wildman–Crippen MR) is 73.8 cm³/mol. The quantitative estimate of drug-likeness (QED) is 0.817. The molecular weight excluding hydrogens is 228 g/mol. The Hall–Kier alpha value is -1.62. The van der Waals surface area contributed by atoms with Gasteiger partial charge in [0, 0.05) is 45.1 Å². The lowest BCUT2D eigenvalue weighted by molar-refractivity contribution is 0.0767. The minimum Gasteiger partial charge on any atom is -0.373 e. The fourth-order valence-electron chi connectivity index (χ4n) is 1.77. The molecule has 0 unspecified atom stereocenters. The van der Waals surface area contributed by atoms with Gasteiger partial charge in [0.25, 0.3) is 5.91 Å². The molecule has 0 atom stereocenters. The van der Waals surface area contributed by atoms with Crippen LogP contribution < -0.4 is 10.6 Å². The maximum absolute atomic E-state index is 12.2. The molecule has 0 aromatic carbocycles. The van der Waals surface area contributed by atoms with E-state index in [4.69, 9.17) is 5.73 Å². The van der Waals surface area contributed by atoms with Crippen LogP contribution in [0.5, 0.6) is 0 Å². The number of aromatic nitrogens is 1. The van der Waals surface area contributed by atoms with Crippen molar-refractivity contribution in [2.45, 2.75) is 13.8 Å². The molecule has 0 saturated heterocycles. The van der Waals surface area contributed by atoms with Gasteiger partial charge in [0.15, 0.2) is 0 Å². The molecule has 100 valence electrons. The van der Waals surface area contributed by atoms with Gasteiger partial charge in [0.1, 0.15) is 5.69 Å². The molecule has 0 fully saturated rings. The van der Waals surface area contributed by atoms with Gasteiger partial charge in [-0.2, -0.15) is 0 Å². The Kier molecular flexibility index (Phi) is 5.58. The minimum absolute atomic E-state index is 0.0250. The van der Waals surface area contributed by atoms with E-state index in [2.05, 4.69) is 4.98 Å². The minimum atomic E-state index is -0.0250. The Morgan fingerprint density at radius 1 is 1.39 bits per heavy atom. The van der Waals surface area contributed by atoms with E-state index in [9.17, 15) is 4.79 Å². The summed E-state index contributed by atoms with van der Waals surface area (Å²) in [5.41, 5.74) is 6.97. The van der Waals surface area contributed by atoms with E-state index in [-0.39, 0.29) is 5.91 Å². The van der Waals surface area contributed by atoms with E-state index in [0.29, 0.717) is 25.3 Å². The Morgan fingerprint density at radius 2 is 2.06 bits per heavy atom. The van der Waals surface area contributed by atoms with Crippen LogP contribution in [0.2, 0.25) is 0 Å². The van der Waals surface area contributed by atoms with Gasteiger partial charge in [-0.25, -0.2) is 0 Å². The monoisotopic (exact) mass is 250 g/mol. The van der Waals surface area contributed by atoms with Crippen LogP contribution in [-0.2, 0) is 0 Å². The van der Waals surface area contributed by atoms with Crippen molar-refractivity contribution in [3.8, 4) is 0 Å². The van der Waals surface area contributed by atoms with Crippen LogP contribution in [-0.4, -0.2) is 49.0 Å². The lowest BCUT2D eigenvalue weighted by Gasteiger charge is -2.21. The maximum atomic E-state index is 12.2. The van der Waals surface area contributed by atoms with E-state index in [1.165, 1.54) is 0 Å². The Morgan fingerprint density at radius 3 is 2.61 bits per heavy atom. The summed E-state index contributed by atoms with van der Waals surface area (Å²) in [7, 11) is 1.95. The highest BCUT2D eigenvalue weighted by molar-refractivity contribution is 5.93. The topological polar surface area (TPSA) is 62.5 Å². The fraction of sp³-hybridized carbons (Fsp3) is 0.538. The van der Waals surface area contributed by atoms with Crippen LogP contribution in [0.3, 0.4) is 0 Å². The van der Waals surface area contributed by atoms with Crippen LogP contribution in [0.1, 0.15) is 24.3 Å². The van der Waals surface area contributed by atoms with E-state index in [1.807, 2.05) is 37.9 Å². The first-order chi connectivity index (χ1) is 8.63. The number of nitrogens with zero attached hydrogens (tertiary/aromatic N) is 3. The SMILES string of the molecule is CCN(CC)C(=O)c1cc(N(C)CCN)ccn1. The molecule has 1 aromatic rings. The second-order valence-corrected chi connectivity index (χ2v) is 4.09. The van der Waals surface area contributed by atoms with Crippen LogP contribution >= 0.6 is 0 Å². The molecule has 1 rings (SSSR count). The van der Waals surface area contributed by atoms with Gasteiger partial charge in [-0.05, 0) is 26.0 Å². The van der Waals surface area contributed by atoms with Crippen molar-refractivity contribution in [2.75, 3.05) is 38.1 Å². The summed E-state index contributed by atoms with van der Waals surface area (Å²) in [5, 5.41) is 0. The molecular formula is C13H22N4O. The molecule has 0 radical (unpaired) electrons. The summed E-state index contributed by atoms with van der Waals surface area (Å²) in [6, 6.07) is 3.70. The van der Waals surface area contributed by atoms with Gasteiger partial charge in [-0.3, -0.25) is 9.78 Å². The van der Waals surface area contributed by atoms with E-state index >= 15 is 0 Å². The Bertz CT molecular complexity index is 390. The number of hydrogen-bond acceptors (Lipinski definition) is 4. The fourth-order valence-corrected chi connectivity index (χ4v) is 1.77. The first-order valence-electron chi connectivity index (χ1n) is 6.30. The van der Waals surface area contributed by atoms with E-state index in [0.717, 1.165) is 12.2 Å². The lowest BCUT2D eigenvalue weighted by atomic mass is 10.2. The molecule has 5 nitrogen and oxygen atoms in total. The molecule has 0 spiro atoms. The highest BCUT2D eigenvalue weighted by atomic mass is 16.2. The molecule has 0 saturated carbocycles. The van der Waals surface area contributed by atoms with Crippen molar-refractivity contribution < 1.29 is 4.79 Å². The number of amides is 1. The zero-order valence-electron chi connectivity index (χ0n) is 11.4. The van der Waals surface area contributed by atoms with Crippen LogP contribution in [0.25, 0.3) is 0 Å². The number of anilines is 1. The average Bonchev–Trinajstić information content (AvgIpc) is 2.40. The van der Waals surface area contributed by atoms with Gasteiger partial charge in [-0.15, -0.1) is 0 Å². The third-order valence-electron chi connectivity index (χ3n) is 2.92. The molecule has 5 heteroatoms. The number of pyridine rings is 1. The predicted octanol–water partition coefficient (Wildman–Crippen LogP) is 0.958. The van der Waals surface area contributed by atoms with Gasteiger partial charge < -0.3 is 15.5 Å². The summed E-state index contributed by atoms with van der Waals surface area (Å²) >= 11 is 0. The normalized spacial score (nSPS) is 10.2. The molecule has 1 heterocycles. The third-order valence-corrected chi connectivity index (χ3v) is 2.92. The summed E-state index contributed by atoms with van der Waals surface area (Å²) in [5.74, 6) is -0.0250. The van der Waals surface area contributed by atoms with Crippen LogP contribution in [0.4, 0.5) is 5.69 Å². The number of rotatable bonds is 6. The first-order valence-corrected chi connectivity index (χ1v) is 6.30. The lowest BCUT2D eigenvalue weighted by Crippen LogP contribution is -2.31. The number of carbonyl (C=O) groups is 1. The summed E-state index contributed by atoms with van der Waals surface area (Å²) in [6.07, 6.45) is 1.67. The van der Waals surface area contributed by atoms with Gasteiger partial charge >= 0.3 is 0 Å². The highest BCUT2D eigenvalue weighted by Gasteiger charge is 2.14.